The molecule has 2 aromatic rings. The number of rotatable bonds is 4. The van der Waals surface area contributed by atoms with Crippen LogP contribution in [0, 0.1) is 5.92 Å². The van der Waals surface area contributed by atoms with Gasteiger partial charge >= 0.3 is 0 Å². The number of nitrogens with zero attached hydrogens (tertiary/aromatic N) is 5. The van der Waals surface area contributed by atoms with Crippen LogP contribution in [0.25, 0.3) is 0 Å². The Balaban J connectivity index is 1.82. The molecule has 1 atom stereocenters. The van der Waals surface area contributed by atoms with Gasteiger partial charge in [0.05, 0.1) is 26.1 Å². The lowest BCUT2D eigenvalue weighted by atomic mass is 10.1. The van der Waals surface area contributed by atoms with Gasteiger partial charge in [-0.25, -0.2) is 9.67 Å². The minimum absolute atomic E-state index is 0.119. The summed E-state index contributed by atoms with van der Waals surface area (Å²) < 4.78 is 7.14. The van der Waals surface area contributed by atoms with Gasteiger partial charge in [-0.05, 0) is 17.7 Å². The second-order valence-corrected chi connectivity index (χ2v) is 6.31. The van der Waals surface area contributed by atoms with E-state index in [1.165, 1.54) is 0 Å². The van der Waals surface area contributed by atoms with Gasteiger partial charge in [-0.3, -0.25) is 9.69 Å². The number of aromatic nitrogens is 3. The predicted molar refractivity (Wildman–Crippen MR) is 89.3 cm³/mol. The highest BCUT2D eigenvalue weighted by Crippen LogP contribution is 2.20. The molecule has 0 aliphatic carbocycles. The molecule has 7 heteroatoms. The number of ether oxygens (including phenoxy) is 1. The fourth-order valence-electron chi connectivity index (χ4n) is 3.08. The molecule has 24 heavy (non-hydrogen) atoms. The molecule has 0 unspecified atom stereocenters. The minimum Gasteiger partial charge on any atom is -0.497 e. The molecule has 1 aliphatic rings. The van der Waals surface area contributed by atoms with E-state index < -0.39 is 0 Å². The van der Waals surface area contributed by atoms with Crippen LogP contribution < -0.4 is 4.74 Å². The molecule has 128 valence electrons. The maximum atomic E-state index is 12.5. The Morgan fingerprint density at radius 2 is 2.21 bits per heavy atom. The van der Waals surface area contributed by atoms with Crippen LogP contribution in [0.3, 0.4) is 0 Å². The third-order valence-corrected chi connectivity index (χ3v) is 4.26. The Bertz CT molecular complexity index is 713. The molecule has 0 fully saturated rings. The topological polar surface area (TPSA) is 63.5 Å². The van der Waals surface area contributed by atoms with Crippen molar-refractivity contribution in [1.82, 2.24) is 24.6 Å². The Kier molecular flexibility index (Phi) is 4.80. The zero-order chi connectivity index (χ0) is 17.1. The maximum absolute atomic E-state index is 12.5. The number of benzene rings is 1. The van der Waals surface area contributed by atoms with Gasteiger partial charge in [0.2, 0.25) is 5.91 Å². The molecule has 2 heterocycles. The summed E-state index contributed by atoms with van der Waals surface area (Å²) >= 11 is 0. The van der Waals surface area contributed by atoms with Crippen molar-refractivity contribution in [2.45, 2.75) is 19.6 Å². The van der Waals surface area contributed by atoms with Gasteiger partial charge in [0, 0.05) is 27.2 Å². The molecule has 1 aliphatic heterocycles. The number of hydrogen-bond acceptors (Lipinski definition) is 5. The number of hydrogen-bond donors (Lipinski definition) is 0. The molecule has 1 aromatic carbocycles. The van der Waals surface area contributed by atoms with Gasteiger partial charge in [0.1, 0.15) is 17.9 Å². The molecule has 0 N–H and O–H groups in total. The lowest BCUT2D eigenvalue weighted by Crippen LogP contribution is -2.38. The van der Waals surface area contributed by atoms with Crippen molar-refractivity contribution in [2.24, 2.45) is 5.92 Å². The van der Waals surface area contributed by atoms with E-state index >= 15 is 0 Å². The number of carbonyl (C=O) groups excluding carboxylic acids is 1. The predicted octanol–water partition coefficient (Wildman–Crippen LogP) is 1.01. The van der Waals surface area contributed by atoms with E-state index in [2.05, 4.69) is 21.0 Å². The molecule has 0 radical (unpaired) electrons. The SMILES string of the molecule is COc1cccc(CN2Cc3ncnn3C[C@@H](C(=O)N(C)C)C2)c1. The van der Waals surface area contributed by atoms with Gasteiger partial charge in [0.25, 0.3) is 0 Å². The highest BCUT2D eigenvalue weighted by atomic mass is 16.5. The Hall–Kier alpha value is -2.41. The van der Waals surface area contributed by atoms with Crippen molar-refractivity contribution >= 4 is 5.91 Å². The fourth-order valence-corrected chi connectivity index (χ4v) is 3.08. The second kappa shape index (κ2) is 7.00. The van der Waals surface area contributed by atoms with Crippen LogP contribution in [-0.4, -0.2) is 58.2 Å². The zero-order valence-corrected chi connectivity index (χ0v) is 14.3. The number of fused-ring (bicyclic) bond motifs is 1. The normalized spacial score (nSPS) is 17.9. The zero-order valence-electron chi connectivity index (χ0n) is 14.3. The van der Waals surface area contributed by atoms with Crippen molar-refractivity contribution in [3.05, 3.63) is 42.0 Å². The molecular formula is C17H23N5O2. The summed E-state index contributed by atoms with van der Waals surface area (Å²) in [6, 6.07) is 8.01. The largest absolute Gasteiger partial charge is 0.497 e. The molecule has 0 saturated heterocycles. The van der Waals surface area contributed by atoms with Gasteiger partial charge < -0.3 is 9.64 Å². The molecule has 0 bridgehead atoms. The summed E-state index contributed by atoms with van der Waals surface area (Å²) in [7, 11) is 5.25. The summed E-state index contributed by atoms with van der Waals surface area (Å²) in [5, 5.41) is 4.27. The standard InChI is InChI=1S/C17H23N5O2/c1-20(2)17(23)14-9-21(11-16-18-12-19-22(16)10-14)8-13-5-4-6-15(7-13)24-3/h4-7,12,14H,8-11H2,1-3H3/t14-/m0/s1. The highest BCUT2D eigenvalue weighted by Gasteiger charge is 2.29. The van der Waals surface area contributed by atoms with Crippen LogP contribution in [0.4, 0.5) is 0 Å². The van der Waals surface area contributed by atoms with E-state index in [4.69, 9.17) is 4.74 Å². The summed E-state index contributed by atoms with van der Waals surface area (Å²) in [6.07, 6.45) is 1.56. The summed E-state index contributed by atoms with van der Waals surface area (Å²) in [5.41, 5.74) is 1.15. The smallest absolute Gasteiger partial charge is 0.228 e. The second-order valence-electron chi connectivity index (χ2n) is 6.31. The van der Waals surface area contributed by atoms with Crippen LogP contribution >= 0.6 is 0 Å². The average molecular weight is 329 g/mol. The minimum atomic E-state index is -0.131. The number of carbonyl (C=O) groups is 1. The molecule has 3 rings (SSSR count). The number of amides is 1. The molecule has 1 aromatic heterocycles. The van der Waals surface area contributed by atoms with Crippen LogP contribution in [0.1, 0.15) is 11.4 Å². The summed E-state index contributed by atoms with van der Waals surface area (Å²) in [4.78, 5) is 20.7. The molecular weight excluding hydrogens is 306 g/mol. The Morgan fingerprint density at radius 3 is 2.96 bits per heavy atom. The van der Waals surface area contributed by atoms with Crippen molar-refractivity contribution in [1.29, 1.82) is 0 Å². The quantitative estimate of drug-likeness (QED) is 0.838. The van der Waals surface area contributed by atoms with Gasteiger partial charge in [-0.15, -0.1) is 0 Å². The fraction of sp³-hybridized carbons (Fsp3) is 0.471. The van der Waals surface area contributed by atoms with E-state index in [9.17, 15) is 4.79 Å². The molecule has 0 spiro atoms. The van der Waals surface area contributed by atoms with Crippen molar-refractivity contribution in [3.8, 4) is 5.75 Å². The maximum Gasteiger partial charge on any atom is 0.228 e. The first kappa shape index (κ1) is 16.4. The summed E-state index contributed by atoms with van der Waals surface area (Å²) in [6.45, 7) is 2.66. The third-order valence-electron chi connectivity index (χ3n) is 4.26. The van der Waals surface area contributed by atoms with Gasteiger partial charge in [-0.2, -0.15) is 5.10 Å². The van der Waals surface area contributed by atoms with Crippen LogP contribution in [-0.2, 0) is 24.4 Å². The molecule has 7 nitrogen and oxygen atoms in total. The van der Waals surface area contributed by atoms with Crippen molar-refractivity contribution in [3.63, 3.8) is 0 Å². The number of methoxy groups -OCH3 is 1. The summed E-state index contributed by atoms with van der Waals surface area (Å²) in [5.74, 6) is 1.72. The first-order valence-corrected chi connectivity index (χ1v) is 8.00. The van der Waals surface area contributed by atoms with Crippen LogP contribution in [0.2, 0.25) is 0 Å². The Labute approximate surface area is 141 Å². The van der Waals surface area contributed by atoms with E-state index in [1.54, 1.807) is 32.4 Å². The van der Waals surface area contributed by atoms with Crippen molar-refractivity contribution < 1.29 is 9.53 Å². The van der Waals surface area contributed by atoms with Gasteiger partial charge in [-0.1, -0.05) is 12.1 Å². The third kappa shape index (κ3) is 3.56. The molecule has 0 saturated carbocycles. The van der Waals surface area contributed by atoms with E-state index in [-0.39, 0.29) is 11.8 Å². The monoisotopic (exact) mass is 329 g/mol. The van der Waals surface area contributed by atoms with E-state index in [0.717, 1.165) is 23.7 Å². The van der Waals surface area contributed by atoms with E-state index in [0.29, 0.717) is 19.6 Å². The highest BCUT2D eigenvalue weighted by molar-refractivity contribution is 5.78. The van der Waals surface area contributed by atoms with Gasteiger partial charge in [0.15, 0.2) is 0 Å². The first-order valence-electron chi connectivity index (χ1n) is 8.00. The lowest BCUT2D eigenvalue weighted by molar-refractivity contribution is -0.134. The van der Waals surface area contributed by atoms with Crippen LogP contribution in [0.15, 0.2) is 30.6 Å². The molecule has 1 amide bonds. The van der Waals surface area contributed by atoms with Crippen LogP contribution in [0.5, 0.6) is 5.75 Å². The average Bonchev–Trinajstić information content (AvgIpc) is 2.93. The first-order chi connectivity index (χ1) is 11.6. The lowest BCUT2D eigenvalue weighted by Gasteiger charge is -2.25. The van der Waals surface area contributed by atoms with Crippen molar-refractivity contribution in [2.75, 3.05) is 27.7 Å². The Morgan fingerprint density at radius 1 is 1.38 bits per heavy atom. The van der Waals surface area contributed by atoms with E-state index in [1.807, 2.05) is 22.9 Å².